The molecular formula is C25H26FN7O5S. The van der Waals surface area contributed by atoms with Gasteiger partial charge in [-0.15, -0.1) is 11.3 Å². The highest BCUT2D eigenvalue weighted by Crippen LogP contribution is 2.30. The fraction of sp³-hybridized carbons (Fsp3) is 0.360. The monoisotopic (exact) mass is 555 g/mol. The summed E-state index contributed by atoms with van der Waals surface area (Å²) in [6.45, 7) is 6.84. The van der Waals surface area contributed by atoms with Crippen molar-refractivity contribution in [1.82, 2.24) is 24.3 Å². The first kappa shape index (κ1) is 26.3. The number of pyridine rings is 2. The minimum atomic E-state index is -1.43. The van der Waals surface area contributed by atoms with E-state index in [0.717, 1.165) is 18.7 Å². The summed E-state index contributed by atoms with van der Waals surface area (Å²) in [5.74, 6) is -2.04. The molecule has 0 aromatic carbocycles. The molecule has 14 heteroatoms. The molecule has 1 amide bonds. The summed E-state index contributed by atoms with van der Waals surface area (Å²) < 4.78 is 23.9. The number of thiazole rings is 1. The highest BCUT2D eigenvalue weighted by atomic mass is 32.1. The number of hydrogen-bond donors (Lipinski definition) is 2. The zero-order valence-electron chi connectivity index (χ0n) is 21.4. The lowest BCUT2D eigenvalue weighted by molar-refractivity contribution is -0.120. The number of carbonyl (C=O) groups excluding carboxylic acids is 1. The Morgan fingerprint density at radius 1 is 1.31 bits per heavy atom. The summed E-state index contributed by atoms with van der Waals surface area (Å²) in [7, 11) is 0. The first-order valence-electron chi connectivity index (χ1n) is 12.3. The van der Waals surface area contributed by atoms with Gasteiger partial charge < -0.3 is 20.1 Å². The maximum atomic E-state index is 15.1. The number of fused-ring (bicyclic) bond motifs is 1. The van der Waals surface area contributed by atoms with E-state index >= 15 is 4.39 Å². The Morgan fingerprint density at radius 2 is 2.08 bits per heavy atom. The molecule has 0 bridgehead atoms. The quantitative estimate of drug-likeness (QED) is 0.318. The second-order valence-corrected chi connectivity index (χ2v) is 10.2. The van der Waals surface area contributed by atoms with Crippen molar-refractivity contribution in [2.24, 2.45) is 5.92 Å². The maximum Gasteiger partial charge on any atom is 0.341 e. The number of aromatic carboxylic acids is 1. The molecule has 5 rings (SSSR count). The maximum absolute atomic E-state index is 15.1. The van der Waals surface area contributed by atoms with Crippen molar-refractivity contribution >= 4 is 45.9 Å². The van der Waals surface area contributed by atoms with Gasteiger partial charge in [0.05, 0.1) is 24.0 Å². The Balaban J connectivity index is 1.38. The number of anilines is 2. The Bertz CT molecular complexity index is 1610. The van der Waals surface area contributed by atoms with Crippen LogP contribution in [0.25, 0.3) is 16.2 Å². The standard InChI is InChI=1S/C25H26FN7O5S/c1-4-6-38-19-9-18(30-33(19)13(2)3)28-23(35)14-10-31(11-14)22-17(26)8-15-20(34)16(24(36)37)12-32(21(15)29-22)25-27-5-7-39-25/h5,7-9,12-14H,4,6,10-11H2,1-3H3,(H,36,37)(H,28,30,35). The molecule has 1 saturated heterocycles. The van der Waals surface area contributed by atoms with Crippen LogP contribution in [0.5, 0.6) is 5.88 Å². The first-order chi connectivity index (χ1) is 18.7. The van der Waals surface area contributed by atoms with Crippen LogP contribution in [0, 0.1) is 11.7 Å². The van der Waals surface area contributed by atoms with Gasteiger partial charge in [0.1, 0.15) is 5.56 Å². The molecular weight excluding hydrogens is 529 g/mol. The minimum Gasteiger partial charge on any atom is -0.478 e. The zero-order chi connectivity index (χ0) is 27.8. The van der Waals surface area contributed by atoms with Crippen LogP contribution in [0.2, 0.25) is 0 Å². The molecule has 0 atom stereocenters. The van der Waals surface area contributed by atoms with Crippen molar-refractivity contribution < 1.29 is 23.8 Å². The number of carbonyl (C=O) groups is 2. The van der Waals surface area contributed by atoms with E-state index in [4.69, 9.17) is 4.74 Å². The molecule has 0 radical (unpaired) electrons. The number of carboxylic acids is 1. The summed E-state index contributed by atoms with van der Waals surface area (Å²) in [5.41, 5.74) is -1.29. The second kappa shape index (κ2) is 10.4. The van der Waals surface area contributed by atoms with E-state index in [0.29, 0.717) is 23.4 Å². The molecule has 0 aliphatic carbocycles. The smallest absolute Gasteiger partial charge is 0.341 e. The summed E-state index contributed by atoms with van der Waals surface area (Å²) >= 11 is 1.21. The molecule has 1 aliphatic heterocycles. The predicted molar refractivity (Wildman–Crippen MR) is 143 cm³/mol. The minimum absolute atomic E-state index is 0.0389. The summed E-state index contributed by atoms with van der Waals surface area (Å²) in [6, 6.07) is 2.70. The molecule has 0 unspecified atom stereocenters. The molecule has 1 aliphatic rings. The number of aromatic nitrogens is 5. The third-order valence-corrected chi connectivity index (χ3v) is 6.99. The molecule has 0 spiro atoms. The molecule has 1 fully saturated rings. The van der Waals surface area contributed by atoms with Crippen LogP contribution in [0.1, 0.15) is 43.6 Å². The van der Waals surface area contributed by atoms with Gasteiger partial charge in [0.15, 0.2) is 28.2 Å². The van der Waals surface area contributed by atoms with Crippen LogP contribution >= 0.6 is 11.3 Å². The number of halogens is 1. The lowest BCUT2D eigenvalue weighted by Crippen LogP contribution is -2.52. The number of carboxylic acid groups (broad SMARTS) is 1. The van der Waals surface area contributed by atoms with Gasteiger partial charge in [0.25, 0.3) is 0 Å². The molecule has 204 valence electrons. The van der Waals surface area contributed by atoms with E-state index in [1.165, 1.54) is 22.1 Å². The van der Waals surface area contributed by atoms with E-state index in [1.807, 2.05) is 20.8 Å². The van der Waals surface area contributed by atoms with E-state index in [2.05, 4.69) is 20.4 Å². The van der Waals surface area contributed by atoms with Crippen LogP contribution in [0.3, 0.4) is 0 Å². The molecule has 39 heavy (non-hydrogen) atoms. The highest BCUT2D eigenvalue weighted by Gasteiger charge is 2.36. The Labute approximate surface area is 225 Å². The van der Waals surface area contributed by atoms with E-state index in [1.54, 1.807) is 21.0 Å². The molecule has 4 aromatic rings. The lowest BCUT2D eigenvalue weighted by atomic mass is 9.99. The normalized spacial score (nSPS) is 13.6. The number of ether oxygens (including phenoxy) is 1. The fourth-order valence-electron chi connectivity index (χ4n) is 4.24. The van der Waals surface area contributed by atoms with Crippen LogP contribution < -0.4 is 20.4 Å². The van der Waals surface area contributed by atoms with Crippen LogP contribution in [0.4, 0.5) is 16.0 Å². The van der Waals surface area contributed by atoms with Crippen molar-refractivity contribution in [3.63, 3.8) is 0 Å². The summed E-state index contributed by atoms with van der Waals surface area (Å²) in [4.78, 5) is 47.4. The molecule has 12 nitrogen and oxygen atoms in total. The lowest BCUT2D eigenvalue weighted by Gasteiger charge is -2.39. The molecule has 0 saturated carbocycles. The Morgan fingerprint density at radius 3 is 2.72 bits per heavy atom. The van der Waals surface area contributed by atoms with Crippen molar-refractivity contribution in [2.45, 2.75) is 33.2 Å². The van der Waals surface area contributed by atoms with Gasteiger partial charge in [-0.05, 0) is 26.3 Å². The fourth-order valence-corrected chi connectivity index (χ4v) is 4.86. The Kier molecular flexibility index (Phi) is 7.04. The zero-order valence-corrected chi connectivity index (χ0v) is 22.2. The number of nitrogens with one attached hydrogen (secondary N) is 1. The van der Waals surface area contributed by atoms with Gasteiger partial charge >= 0.3 is 5.97 Å². The highest BCUT2D eigenvalue weighted by molar-refractivity contribution is 7.12. The van der Waals surface area contributed by atoms with Crippen LogP contribution in [-0.2, 0) is 4.79 Å². The predicted octanol–water partition coefficient (Wildman–Crippen LogP) is 3.32. The summed E-state index contributed by atoms with van der Waals surface area (Å²) in [6.07, 6.45) is 3.50. The van der Waals surface area contributed by atoms with Crippen LogP contribution in [0.15, 0.2) is 34.7 Å². The van der Waals surface area contributed by atoms with Gasteiger partial charge in [-0.1, -0.05) is 6.92 Å². The van der Waals surface area contributed by atoms with Gasteiger partial charge in [0, 0.05) is 36.9 Å². The number of amides is 1. The van der Waals surface area contributed by atoms with Crippen molar-refractivity contribution in [2.75, 3.05) is 29.9 Å². The average molecular weight is 556 g/mol. The Hall–Kier alpha value is -4.33. The van der Waals surface area contributed by atoms with Gasteiger partial charge in [0.2, 0.25) is 17.2 Å². The molecule has 5 heterocycles. The molecule has 4 aromatic heterocycles. The van der Waals surface area contributed by atoms with Gasteiger partial charge in [-0.3, -0.25) is 14.2 Å². The van der Waals surface area contributed by atoms with Crippen molar-refractivity contribution in [3.05, 3.63) is 51.5 Å². The first-order valence-corrected chi connectivity index (χ1v) is 13.2. The van der Waals surface area contributed by atoms with E-state index in [-0.39, 0.29) is 41.9 Å². The number of rotatable bonds is 9. The van der Waals surface area contributed by atoms with E-state index < -0.39 is 28.7 Å². The summed E-state index contributed by atoms with van der Waals surface area (Å²) in [5, 5.41) is 18.6. The van der Waals surface area contributed by atoms with Gasteiger partial charge in [-0.25, -0.2) is 23.8 Å². The number of hydrogen-bond acceptors (Lipinski definition) is 9. The average Bonchev–Trinajstić information content (AvgIpc) is 3.53. The van der Waals surface area contributed by atoms with E-state index in [9.17, 15) is 19.5 Å². The largest absolute Gasteiger partial charge is 0.478 e. The van der Waals surface area contributed by atoms with Crippen molar-refractivity contribution in [3.8, 4) is 11.0 Å². The SMILES string of the molecule is CCCOc1cc(NC(=O)C2CN(c3nc4c(cc3F)c(=O)c(C(=O)O)cn4-c3nccs3)C2)nn1C(C)C. The second-order valence-electron chi connectivity index (χ2n) is 9.37. The van der Waals surface area contributed by atoms with Crippen molar-refractivity contribution in [1.29, 1.82) is 0 Å². The van der Waals surface area contributed by atoms with Gasteiger partial charge in [-0.2, -0.15) is 5.10 Å². The number of nitrogens with zero attached hydrogens (tertiary/aromatic N) is 6. The third-order valence-electron chi connectivity index (χ3n) is 6.22. The topological polar surface area (TPSA) is 144 Å². The molecule has 2 N–H and O–H groups in total. The van der Waals surface area contributed by atoms with Crippen LogP contribution in [-0.4, -0.2) is 61.0 Å². The third kappa shape index (κ3) is 4.94.